The topological polar surface area (TPSA) is 108 Å². The van der Waals surface area contributed by atoms with Gasteiger partial charge >= 0.3 is 5.97 Å². The molecule has 0 aromatic rings. The Morgan fingerprint density at radius 3 is 2.62 bits per heavy atom. The molecule has 0 aromatic heterocycles. The summed E-state index contributed by atoms with van der Waals surface area (Å²) in [6.07, 6.45) is -0.101. The van der Waals surface area contributed by atoms with Crippen LogP contribution in [0.15, 0.2) is 0 Å². The van der Waals surface area contributed by atoms with E-state index in [0.29, 0.717) is 0 Å². The average Bonchev–Trinajstić information content (AvgIpc) is 2.10. The van der Waals surface area contributed by atoms with E-state index in [0.717, 1.165) is 0 Å². The predicted octanol–water partition coefficient (Wildman–Crippen LogP) is -1.59. The molecule has 0 rings (SSSR count). The van der Waals surface area contributed by atoms with E-state index in [-0.39, 0.29) is 30.6 Å². The number of rotatable bonds is 5. The van der Waals surface area contributed by atoms with Gasteiger partial charge in [0.15, 0.2) is 5.11 Å². The normalized spacial score (nSPS) is 11.8. The Kier molecular flexibility index (Phi) is 6.11. The second kappa shape index (κ2) is 6.58. The Balaban J connectivity index is 3.71. The molecule has 1 unspecified atom stereocenters. The van der Waals surface area contributed by atoms with Gasteiger partial charge in [-0.15, -0.1) is 0 Å². The van der Waals surface area contributed by atoms with E-state index in [1.807, 2.05) is 0 Å². The molecule has 0 aromatic carbocycles. The third-order valence-electron chi connectivity index (χ3n) is 1.40. The van der Waals surface area contributed by atoms with Crippen LogP contribution in [0, 0.1) is 5.92 Å². The van der Waals surface area contributed by atoms with Gasteiger partial charge in [-0.3, -0.25) is 4.79 Å². The minimum atomic E-state index is -0.951. The molecule has 0 aliphatic heterocycles. The monoisotopic (exact) mass is 207 g/mol. The molecule has 0 spiro atoms. The fourth-order valence-corrected chi connectivity index (χ4v) is 0.820. The van der Waals surface area contributed by atoms with Crippen molar-refractivity contribution >= 4 is 23.3 Å². The SMILES string of the molecule is NNC(=S)NCC(CO)CC(=O)O. The maximum Gasteiger partial charge on any atom is 0.303 e. The first-order valence-electron chi connectivity index (χ1n) is 3.67. The number of hydrazine groups is 1. The lowest BCUT2D eigenvalue weighted by molar-refractivity contribution is -0.138. The van der Waals surface area contributed by atoms with Crippen LogP contribution >= 0.6 is 12.2 Å². The van der Waals surface area contributed by atoms with Crippen LogP contribution in [0.4, 0.5) is 0 Å². The Morgan fingerprint density at radius 1 is 1.62 bits per heavy atom. The summed E-state index contributed by atoms with van der Waals surface area (Å²) in [7, 11) is 0. The van der Waals surface area contributed by atoms with Crippen molar-refractivity contribution in [2.24, 2.45) is 11.8 Å². The van der Waals surface area contributed by atoms with Gasteiger partial charge in [0.25, 0.3) is 0 Å². The van der Waals surface area contributed by atoms with Gasteiger partial charge in [0.2, 0.25) is 0 Å². The number of aliphatic hydroxyl groups excluding tert-OH is 1. The lowest BCUT2D eigenvalue weighted by Gasteiger charge is -2.13. The highest BCUT2D eigenvalue weighted by Crippen LogP contribution is 1.99. The standard InChI is InChI=1S/C6H13N3O3S/c7-9-6(13)8-2-4(3-10)1-5(11)12/h4,10H,1-3,7H2,(H,11,12)(H2,8,9,13). The number of hydrogen-bond donors (Lipinski definition) is 5. The molecular formula is C6H13N3O3S. The number of carboxylic acid groups (broad SMARTS) is 1. The summed E-state index contributed by atoms with van der Waals surface area (Å²) in [6.45, 7) is 0.0817. The van der Waals surface area contributed by atoms with Crippen LogP contribution in [-0.2, 0) is 4.79 Å². The largest absolute Gasteiger partial charge is 0.481 e. The number of nitrogens with two attached hydrogens (primary N) is 1. The zero-order valence-electron chi connectivity index (χ0n) is 6.99. The van der Waals surface area contributed by atoms with E-state index in [1.165, 1.54) is 0 Å². The molecule has 6 N–H and O–H groups in total. The van der Waals surface area contributed by atoms with Gasteiger partial charge in [0.05, 0.1) is 6.42 Å². The molecule has 76 valence electrons. The number of aliphatic carboxylic acids is 1. The summed E-state index contributed by atoms with van der Waals surface area (Å²) < 4.78 is 0. The first kappa shape index (κ1) is 12.1. The summed E-state index contributed by atoms with van der Waals surface area (Å²) in [4.78, 5) is 10.3. The second-order valence-electron chi connectivity index (χ2n) is 2.50. The second-order valence-corrected chi connectivity index (χ2v) is 2.91. The third kappa shape index (κ3) is 6.26. The van der Waals surface area contributed by atoms with Crippen LogP contribution in [0.2, 0.25) is 0 Å². The van der Waals surface area contributed by atoms with Crippen molar-refractivity contribution in [1.82, 2.24) is 10.7 Å². The molecule has 0 heterocycles. The zero-order chi connectivity index (χ0) is 10.3. The first-order valence-corrected chi connectivity index (χ1v) is 4.08. The third-order valence-corrected chi connectivity index (χ3v) is 1.67. The van der Waals surface area contributed by atoms with Crippen LogP contribution < -0.4 is 16.6 Å². The lowest BCUT2D eigenvalue weighted by atomic mass is 10.1. The van der Waals surface area contributed by atoms with E-state index in [2.05, 4.69) is 23.0 Å². The van der Waals surface area contributed by atoms with Crippen LogP contribution in [0.3, 0.4) is 0 Å². The van der Waals surface area contributed by atoms with Gasteiger partial charge in [-0.05, 0) is 12.2 Å². The quantitative estimate of drug-likeness (QED) is 0.210. The van der Waals surface area contributed by atoms with E-state index < -0.39 is 5.97 Å². The van der Waals surface area contributed by atoms with Crippen molar-refractivity contribution in [1.29, 1.82) is 0 Å². The van der Waals surface area contributed by atoms with E-state index in [4.69, 9.17) is 16.1 Å². The molecule has 13 heavy (non-hydrogen) atoms. The summed E-state index contributed by atoms with van der Waals surface area (Å²) in [6, 6.07) is 0. The number of carboxylic acids is 1. The Labute approximate surface area is 81.1 Å². The highest BCUT2D eigenvalue weighted by atomic mass is 32.1. The van der Waals surface area contributed by atoms with E-state index >= 15 is 0 Å². The molecule has 0 amide bonds. The minimum Gasteiger partial charge on any atom is -0.481 e. The molecule has 0 aliphatic carbocycles. The van der Waals surface area contributed by atoms with Gasteiger partial charge in [-0.25, -0.2) is 5.84 Å². The summed E-state index contributed by atoms with van der Waals surface area (Å²) in [5.74, 6) is 3.66. The smallest absolute Gasteiger partial charge is 0.303 e. The molecule has 1 atom stereocenters. The number of hydrogen-bond acceptors (Lipinski definition) is 4. The van der Waals surface area contributed by atoms with Crippen LogP contribution in [0.1, 0.15) is 6.42 Å². The summed E-state index contributed by atoms with van der Waals surface area (Å²) in [5, 5.41) is 20.1. The Bertz CT molecular complexity index is 188. The number of aliphatic hydroxyl groups is 1. The van der Waals surface area contributed by atoms with Gasteiger partial charge < -0.3 is 21.0 Å². The van der Waals surface area contributed by atoms with Crippen molar-refractivity contribution in [3.8, 4) is 0 Å². The zero-order valence-corrected chi connectivity index (χ0v) is 7.80. The molecule has 0 aliphatic rings. The summed E-state index contributed by atoms with van der Waals surface area (Å²) in [5.41, 5.74) is 2.19. The van der Waals surface area contributed by atoms with Crippen molar-refractivity contribution < 1.29 is 15.0 Å². The molecule has 0 radical (unpaired) electrons. The molecule has 0 bridgehead atoms. The maximum atomic E-state index is 10.3. The van der Waals surface area contributed by atoms with Crippen molar-refractivity contribution in [3.05, 3.63) is 0 Å². The van der Waals surface area contributed by atoms with Gasteiger partial charge in [-0.1, -0.05) is 0 Å². The fraction of sp³-hybridized carbons (Fsp3) is 0.667. The van der Waals surface area contributed by atoms with Crippen LogP contribution in [-0.4, -0.2) is 34.4 Å². The molecule has 0 fully saturated rings. The number of thiocarbonyl (C=S) groups is 1. The predicted molar refractivity (Wildman–Crippen MR) is 50.8 cm³/mol. The Hall–Kier alpha value is -0.920. The fourth-order valence-electron chi connectivity index (χ4n) is 0.736. The highest BCUT2D eigenvalue weighted by molar-refractivity contribution is 7.80. The maximum absolute atomic E-state index is 10.3. The minimum absolute atomic E-state index is 0.101. The lowest BCUT2D eigenvalue weighted by Crippen LogP contribution is -2.42. The van der Waals surface area contributed by atoms with Crippen molar-refractivity contribution in [2.75, 3.05) is 13.2 Å². The number of carbonyl (C=O) groups is 1. The van der Waals surface area contributed by atoms with Gasteiger partial charge in [0, 0.05) is 19.1 Å². The van der Waals surface area contributed by atoms with Crippen LogP contribution in [0.5, 0.6) is 0 Å². The van der Waals surface area contributed by atoms with Gasteiger partial charge in [-0.2, -0.15) is 0 Å². The Morgan fingerprint density at radius 2 is 2.23 bits per heavy atom. The molecule has 7 heteroatoms. The molecule has 0 saturated carbocycles. The van der Waals surface area contributed by atoms with E-state index in [1.54, 1.807) is 0 Å². The summed E-state index contributed by atoms with van der Waals surface area (Å²) >= 11 is 4.66. The van der Waals surface area contributed by atoms with Crippen molar-refractivity contribution in [3.63, 3.8) is 0 Å². The molecular weight excluding hydrogens is 194 g/mol. The first-order chi connectivity index (χ1) is 6.10. The number of nitrogens with one attached hydrogen (secondary N) is 2. The molecule has 0 saturated heterocycles. The molecule has 6 nitrogen and oxygen atoms in total. The highest BCUT2D eigenvalue weighted by Gasteiger charge is 2.11. The van der Waals surface area contributed by atoms with Crippen LogP contribution in [0.25, 0.3) is 0 Å². The van der Waals surface area contributed by atoms with Gasteiger partial charge in [0.1, 0.15) is 0 Å². The van der Waals surface area contributed by atoms with E-state index in [9.17, 15) is 4.79 Å². The average molecular weight is 207 g/mol. The van der Waals surface area contributed by atoms with Crippen molar-refractivity contribution in [2.45, 2.75) is 6.42 Å².